The Morgan fingerprint density at radius 3 is 2.27 bits per heavy atom. The van der Waals surface area contributed by atoms with Crippen LogP contribution >= 0.6 is 11.6 Å². The van der Waals surface area contributed by atoms with Gasteiger partial charge in [-0.2, -0.15) is 4.31 Å². The first-order chi connectivity index (χ1) is 14.3. The minimum absolute atomic E-state index is 0.117. The van der Waals surface area contributed by atoms with E-state index in [1.165, 1.54) is 0 Å². The van der Waals surface area contributed by atoms with Crippen molar-refractivity contribution in [1.82, 2.24) is 4.31 Å². The summed E-state index contributed by atoms with van der Waals surface area (Å²) in [6, 6.07) is 13.7. The summed E-state index contributed by atoms with van der Waals surface area (Å²) in [5.41, 5.74) is 1.69. The molecule has 0 bridgehead atoms. The Hall–Kier alpha value is -1.93. The maximum Gasteiger partial charge on any atom is 0.282 e. The molecule has 1 amide bonds. The molecule has 1 aliphatic heterocycles. The van der Waals surface area contributed by atoms with Gasteiger partial charge in [0.2, 0.25) is 10.0 Å². The second-order valence-electron chi connectivity index (χ2n) is 7.85. The van der Waals surface area contributed by atoms with Gasteiger partial charge in [0.15, 0.2) is 6.04 Å². The Morgan fingerprint density at radius 2 is 1.67 bits per heavy atom. The molecule has 1 heterocycles. The molecule has 162 valence electrons. The third-order valence-corrected chi connectivity index (χ3v) is 7.77. The fourth-order valence-electron chi connectivity index (χ4n) is 3.52. The Balaban J connectivity index is 1.60. The number of hydrogen-bond donors (Lipinski definition) is 2. The van der Waals surface area contributed by atoms with Crippen LogP contribution in [0.1, 0.15) is 31.7 Å². The van der Waals surface area contributed by atoms with E-state index < -0.39 is 10.0 Å². The van der Waals surface area contributed by atoms with Crippen LogP contribution in [-0.4, -0.2) is 44.8 Å². The molecule has 2 N–H and O–H groups in total. The standard InChI is InChI=1S/C22H28ClN3O3S/c1-17(25(2)16-18-6-8-19(23)9-7-18)22(27)24-20-10-12-21(13-11-20)30(28,29)26-14-4-3-5-15-26/h6-13,17H,3-5,14-16H2,1-2H3,(H,24,27)/p+1. The van der Waals surface area contributed by atoms with Gasteiger partial charge in [0, 0.05) is 29.4 Å². The van der Waals surface area contributed by atoms with Gasteiger partial charge < -0.3 is 10.2 Å². The zero-order chi connectivity index (χ0) is 21.7. The third kappa shape index (κ3) is 5.60. The molecular formula is C22H29ClN3O3S+. The molecule has 0 spiro atoms. The summed E-state index contributed by atoms with van der Waals surface area (Å²) >= 11 is 5.92. The summed E-state index contributed by atoms with van der Waals surface area (Å²) in [6.45, 7) is 3.71. The first-order valence-electron chi connectivity index (χ1n) is 10.3. The van der Waals surface area contributed by atoms with Gasteiger partial charge in [-0.1, -0.05) is 30.2 Å². The summed E-state index contributed by atoms with van der Waals surface area (Å²) in [5.74, 6) is -0.117. The third-order valence-electron chi connectivity index (χ3n) is 5.60. The summed E-state index contributed by atoms with van der Waals surface area (Å²) < 4.78 is 27.0. The zero-order valence-corrected chi connectivity index (χ0v) is 19.0. The fourth-order valence-corrected chi connectivity index (χ4v) is 5.16. The second kappa shape index (κ2) is 9.92. The molecule has 6 nitrogen and oxygen atoms in total. The van der Waals surface area contributed by atoms with Crippen LogP contribution in [0.25, 0.3) is 0 Å². The molecule has 2 aromatic rings. The maximum atomic E-state index is 12.7. The highest BCUT2D eigenvalue weighted by atomic mass is 35.5. The lowest BCUT2D eigenvalue weighted by molar-refractivity contribution is -0.907. The Morgan fingerprint density at radius 1 is 1.07 bits per heavy atom. The van der Waals surface area contributed by atoms with E-state index in [0.29, 0.717) is 30.3 Å². The molecule has 0 radical (unpaired) electrons. The number of carbonyl (C=O) groups is 1. The SMILES string of the molecule is CC(C(=O)Nc1ccc(S(=O)(=O)N2CCCCC2)cc1)[NH+](C)Cc1ccc(Cl)cc1. The van der Waals surface area contributed by atoms with Crippen LogP contribution in [0.3, 0.4) is 0 Å². The maximum absolute atomic E-state index is 12.7. The van der Waals surface area contributed by atoms with Crippen molar-refractivity contribution in [1.29, 1.82) is 0 Å². The molecule has 0 aromatic heterocycles. The van der Waals surface area contributed by atoms with Crippen molar-refractivity contribution in [2.24, 2.45) is 0 Å². The van der Waals surface area contributed by atoms with E-state index in [9.17, 15) is 13.2 Å². The Bertz CT molecular complexity index is 956. The van der Waals surface area contributed by atoms with Gasteiger partial charge in [0.1, 0.15) is 6.54 Å². The second-order valence-corrected chi connectivity index (χ2v) is 10.2. The van der Waals surface area contributed by atoms with Gasteiger partial charge in [-0.25, -0.2) is 8.42 Å². The number of carbonyl (C=O) groups excluding carboxylic acids is 1. The molecule has 1 aliphatic rings. The molecular weight excluding hydrogens is 422 g/mol. The predicted octanol–water partition coefficient (Wildman–Crippen LogP) is 2.56. The number of halogens is 1. The molecule has 8 heteroatoms. The normalized spacial score (nSPS) is 17.3. The number of anilines is 1. The fraction of sp³-hybridized carbons (Fsp3) is 0.409. The number of amides is 1. The van der Waals surface area contributed by atoms with Gasteiger partial charge in [0.05, 0.1) is 11.9 Å². The van der Waals surface area contributed by atoms with Crippen LogP contribution in [0.15, 0.2) is 53.4 Å². The van der Waals surface area contributed by atoms with Crippen LogP contribution in [0.4, 0.5) is 5.69 Å². The first-order valence-corrected chi connectivity index (χ1v) is 12.1. The van der Waals surface area contributed by atoms with E-state index in [1.54, 1.807) is 28.6 Å². The minimum atomic E-state index is -3.47. The van der Waals surface area contributed by atoms with Gasteiger partial charge in [-0.05, 0) is 56.2 Å². The number of nitrogens with zero attached hydrogens (tertiary/aromatic N) is 1. The van der Waals surface area contributed by atoms with Crippen LogP contribution in [0.2, 0.25) is 5.02 Å². The highest BCUT2D eigenvalue weighted by Gasteiger charge is 2.26. The Kier molecular flexibility index (Phi) is 7.52. The Labute approximate surface area is 183 Å². The topological polar surface area (TPSA) is 70.9 Å². The van der Waals surface area contributed by atoms with E-state index in [2.05, 4.69) is 5.32 Å². The van der Waals surface area contributed by atoms with Crippen molar-refractivity contribution in [2.45, 2.75) is 43.7 Å². The molecule has 2 aromatic carbocycles. The summed E-state index contributed by atoms with van der Waals surface area (Å²) in [5, 5.41) is 3.57. The van der Waals surface area contributed by atoms with Crippen LogP contribution < -0.4 is 10.2 Å². The lowest BCUT2D eigenvalue weighted by Gasteiger charge is -2.26. The van der Waals surface area contributed by atoms with Crippen LogP contribution in [-0.2, 0) is 21.4 Å². The molecule has 0 saturated carbocycles. The van der Waals surface area contributed by atoms with Crippen LogP contribution in [0.5, 0.6) is 0 Å². The molecule has 30 heavy (non-hydrogen) atoms. The van der Waals surface area contributed by atoms with E-state index in [4.69, 9.17) is 11.6 Å². The highest BCUT2D eigenvalue weighted by Crippen LogP contribution is 2.22. The van der Waals surface area contributed by atoms with Crippen molar-refractivity contribution >= 4 is 33.2 Å². The average molecular weight is 451 g/mol. The smallest absolute Gasteiger partial charge is 0.282 e. The van der Waals surface area contributed by atoms with Crippen molar-refractivity contribution in [3.8, 4) is 0 Å². The number of rotatable bonds is 7. The van der Waals surface area contributed by atoms with E-state index >= 15 is 0 Å². The van der Waals surface area contributed by atoms with E-state index in [1.807, 2.05) is 38.2 Å². The number of sulfonamides is 1. The number of quaternary nitrogens is 1. The van der Waals surface area contributed by atoms with E-state index in [0.717, 1.165) is 29.7 Å². The minimum Gasteiger partial charge on any atom is -0.324 e. The lowest BCUT2D eigenvalue weighted by Crippen LogP contribution is -3.12. The molecule has 2 unspecified atom stereocenters. The number of likely N-dealkylation sites (N-methyl/N-ethyl adjacent to an activating group) is 1. The van der Waals surface area contributed by atoms with Crippen molar-refractivity contribution in [3.63, 3.8) is 0 Å². The van der Waals surface area contributed by atoms with Crippen molar-refractivity contribution in [2.75, 3.05) is 25.5 Å². The predicted molar refractivity (Wildman–Crippen MR) is 119 cm³/mol. The van der Waals surface area contributed by atoms with E-state index in [-0.39, 0.29) is 16.8 Å². The number of piperidine rings is 1. The quantitative estimate of drug-likeness (QED) is 0.681. The summed E-state index contributed by atoms with van der Waals surface area (Å²) in [4.78, 5) is 14.0. The number of benzene rings is 2. The highest BCUT2D eigenvalue weighted by molar-refractivity contribution is 7.89. The number of hydrogen-bond acceptors (Lipinski definition) is 3. The zero-order valence-electron chi connectivity index (χ0n) is 17.4. The summed E-state index contributed by atoms with van der Waals surface area (Å²) in [6.07, 6.45) is 2.87. The van der Waals surface area contributed by atoms with Gasteiger partial charge in [-0.3, -0.25) is 4.79 Å². The molecule has 0 aliphatic carbocycles. The molecule has 1 fully saturated rings. The molecule has 1 saturated heterocycles. The monoisotopic (exact) mass is 450 g/mol. The average Bonchev–Trinajstić information content (AvgIpc) is 2.75. The summed E-state index contributed by atoms with van der Waals surface area (Å²) in [7, 11) is -1.50. The van der Waals surface area contributed by atoms with Crippen molar-refractivity contribution in [3.05, 3.63) is 59.1 Å². The van der Waals surface area contributed by atoms with Gasteiger partial charge in [0.25, 0.3) is 5.91 Å². The molecule has 3 rings (SSSR count). The molecule has 2 atom stereocenters. The van der Waals surface area contributed by atoms with Gasteiger partial charge >= 0.3 is 0 Å². The van der Waals surface area contributed by atoms with Gasteiger partial charge in [-0.15, -0.1) is 0 Å². The van der Waals surface area contributed by atoms with Crippen LogP contribution in [0, 0.1) is 0 Å². The largest absolute Gasteiger partial charge is 0.324 e. The lowest BCUT2D eigenvalue weighted by atomic mass is 10.2. The van der Waals surface area contributed by atoms with Crippen molar-refractivity contribution < 1.29 is 18.1 Å². The number of nitrogens with one attached hydrogen (secondary N) is 2. The first kappa shape index (κ1) is 22.7.